The van der Waals surface area contributed by atoms with Gasteiger partial charge in [-0.2, -0.15) is 13.7 Å². The lowest BCUT2D eigenvalue weighted by Gasteiger charge is -2.18. The molecule has 0 bridgehead atoms. The SMILES string of the molecule is CCCCCCCCCCCCS(=O)(=O)C(C#N)=CC=C1SCCN1CCCS(=O)(=O)O. The summed E-state index contributed by atoms with van der Waals surface area (Å²) >= 11 is 1.53. The van der Waals surface area contributed by atoms with Gasteiger partial charge in [-0.25, -0.2) is 8.42 Å². The largest absolute Gasteiger partial charge is 0.365 e. The third-order valence-corrected chi connectivity index (χ3v) is 8.95. The summed E-state index contributed by atoms with van der Waals surface area (Å²) in [4.78, 5) is 1.71. The van der Waals surface area contributed by atoms with E-state index in [2.05, 4.69) is 6.92 Å². The Morgan fingerprint density at radius 1 is 1.00 bits per heavy atom. The van der Waals surface area contributed by atoms with Gasteiger partial charge >= 0.3 is 0 Å². The molecule has 1 N–H and O–H groups in total. The van der Waals surface area contributed by atoms with Crippen LogP contribution in [0.4, 0.5) is 0 Å². The molecular weight excluding hydrogens is 468 g/mol. The summed E-state index contributed by atoms with van der Waals surface area (Å²) in [5, 5.41) is 10.2. The highest BCUT2D eigenvalue weighted by Crippen LogP contribution is 2.28. The Morgan fingerprint density at radius 3 is 2.16 bits per heavy atom. The maximum Gasteiger partial charge on any atom is 0.264 e. The molecule has 0 saturated carbocycles. The van der Waals surface area contributed by atoms with Crippen LogP contribution in [0, 0.1) is 11.3 Å². The highest BCUT2D eigenvalue weighted by molar-refractivity contribution is 8.03. The van der Waals surface area contributed by atoms with Gasteiger partial charge in [0.05, 0.1) is 16.5 Å². The average molecular weight is 507 g/mol. The lowest BCUT2D eigenvalue weighted by molar-refractivity contribution is 0.398. The van der Waals surface area contributed by atoms with Gasteiger partial charge in [0.25, 0.3) is 10.1 Å². The number of nitriles is 1. The molecule has 0 radical (unpaired) electrons. The highest BCUT2D eigenvalue weighted by atomic mass is 32.2. The molecule has 1 fully saturated rings. The van der Waals surface area contributed by atoms with Crippen LogP contribution in [0.25, 0.3) is 0 Å². The zero-order valence-electron chi connectivity index (χ0n) is 19.2. The second-order valence-corrected chi connectivity index (χ2v) is 12.9. The Kier molecular flexibility index (Phi) is 14.3. The van der Waals surface area contributed by atoms with Crippen LogP contribution in [0.2, 0.25) is 0 Å². The van der Waals surface area contributed by atoms with E-state index in [1.54, 1.807) is 6.08 Å². The summed E-state index contributed by atoms with van der Waals surface area (Å²) in [7, 11) is -7.60. The lowest BCUT2D eigenvalue weighted by Crippen LogP contribution is -2.21. The van der Waals surface area contributed by atoms with Crippen molar-refractivity contribution in [3.8, 4) is 6.07 Å². The van der Waals surface area contributed by atoms with Crippen molar-refractivity contribution < 1.29 is 21.4 Å². The lowest BCUT2D eigenvalue weighted by atomic mass is 10.1. The van der Waals surface area contributed by atoms with E-state index in [-0.39, 0.29) is 22.8 Å². The molecule has 0 amide bonds. The van der Waals surface area contributed by atoms with Crippen LogP contribution >= 0.6 is 11.8 Å². The molecule has 1 aliphatic heterocycles. The van der Waals surface area contributed by atoms with Crippen molar-refractivity contribution in [1.82, 2.24) is 4.90 Å². The van der Waals surface area contributed by atoms with Gasteiger partial charge in [-0.05, 0) is 25.0 Å². The molecule has 0 aromatic heterocycles. The topological polar surface area (TPSA) is 116 Å². The summed E-state index contributed by atoms with van der Waals surface area (Å²) in [6, 6.07) is 1.82. The number of hydrogen-bond acceptors (Lipinski definition) is 7. The van der Waals surface area contributed by atoms with Crippen LogP contribution in [-0.4, -0.2) is 56.6 Å². The molecule has 0 spiro atoms. The molecule has 7 nitrogen and oxygen atoms in total. The maximum atomic E-state index is 12.5. The van der Waals surface area contributed by atoms with Gasteiger partial charge in [0, 0.05) is 18.8 Å². The van der Waals surface area contributed by atoms with E-state index in [0.29, 0.717) is 19.5 Å². The van der Waals surface area contributed by atoms with Crippen molar-refractivity contribution >= 4 is 31.7 Å². The Balaban J connectivity index is 2.45. The van der Waals surface area contributed by atoms with Gasteiger partial charge in [-0.3, -0.25) is 4.55 Å². The van der Waals surface area contributed by atoms with Crippen LogP contribution in [0.3, 0.4) is 0 Å². The van der Waals surface area contributed by atoms with Gasteiger partial charge in [0.15, 0.2) is 9.84 Å². The maximum absolute atomic E-state index is 12.5. The first-order chi connectivity index (χ1) is 15.2. The normalized spacial score (nSPS) is 16.6. The fourth-order valence-electron chi connectivity index (χ4n) is 3.52. The molecular formula is C22H38N2O5S3. The number of sulfone groups is 1. The minimum atomic E-state index is -3.99. The number of hydrogen-bond donors (Lipinski definition) is 1. The van der Waals surface area contributed by atoms with Crippen LogP contribution in [0.15, 0.2) is 22.1 Å². The second-order valence-electron chi connectivity index (χ2n) is 8.12. The summed E-state index contributed by atoms with van der Waals surface area (Å²) in [6.45, 7) is 3.36. The van der Waals surface area contributed by atoms with Crippen molar-refractivity contribution in [2.24, 2.45) is 0 Å². The number of allylic oxidation sites excluding steroid dienone is 3. The van der Waals surface area contributed by atoms with Crippen LogP contribution in [0.1, 0.15) is 77.6 Å². The highest BCUT2D eigenvalue weighted by Gasteiger charge is 2.20. The Morgan fingerprint density at radius 2 is 1.59 bits per heavy atom. The summed E-state index contributed by atoms with van der Waals surface area (Å²) < 4.78 is 55.6. The fraction of sp³-hybridized carbons (Fsp3) is 0.773. The predicted octanol–water partition coefficient (Wildman–Crippen LogP) is 4.90. The van der Waals surface area contributed by atoms with E-state index >= 15 is 0 Å². The van der Waals surface area contributed by atoms with Crippen LogP contribution < -0.4 is 0 Å². The molecule has 0 unspecified atom stereocenters. The van der Waals surface area contributed by atoms with Crippen molar-refractivity contribution in [2.75, 3.05) is 30.3 Å². The average Bonchev–Trinajstić information content (AvgIpc) is 3.16. The van der Waals surface area contributed by atoms with Gasteiger partial charge in [-0.1, -0.05) is 64.7 Å². The third-order valence-electron chi connectivity index (χ3n) is 5.34. The summed E-state index contributed by atoms with van der Waals surface area (Å²) in [6.07, 6.45) is 14.4. The monoisotopic (exact) mass is 506 g/mol. The molecule has 1 aliphatic rings. The van der Waals surface area contributed by atoms with Gasteiger partial charge < -0.3 is 4.90 Å². The third kappa shape index (κ3) is 12.9. The number of rotatable bonds is 17. The number of nitrogens with zero attached hydrogens (tertiary/aromatic N) is 2. The summed E-state index contributed by atoms with van der Waals surface area (Å²) in [5.41, 5.74) is 0. The van der Waals surface area contributed by atoms with Gasteiger partial charge in [-0.15, -0.1) is 11.8 Å². The van der Waals surface area contributed by atoms with Crippen LogP contribution in [-0.2, 0) is 20.0 Å². The first-order valence-electron chi connectivity index (χ1n) is 11.6. The van der Waals surface area contributed by atoms with Crippen molar-refractivity contribution in [1.29, 1.82) is 5.26 Å². The van der Waals surface area contributed by atoms with E-state index in [0.717, 1.165) is 30.0 Å². The fourth-order valence-corrected chi connectivity index (χ4v) is 6.28. The second kappa shape index (κ2) is 15.8. The molecule has 1 saturated heterocycles. The summed E-state index contributed by atoms with van der Waals surface area (Å²) in [5.74, 6) is 0.476. The number of unbranched alkanes of at least 4 members (excludes halogenated alkanes) is 9. The molecule has 0 aromatic rings. The van der Waals surface area contributed by atoms with E-state index in [1.165, 1.54) is 56.4 Å². The Labute approximate surface area is 199 Å². The Hall–Kier alpha value is -1.02. The zero-order valence-corrected chi connectivity index (χ0v) is 21.6. The minimum Gasteiger partial charge on any atom is -0.365 e. The first-order valence-corrected chi connectivity index (χ1v) is 15.8. The van der Waals surface area contributed by atoms with Gasteiger partial charge in [0.2, 0.25) is 0 Å². The smallest absolute Gasteiger partial charge is 0.264 e. The minimum absolute atomic E-state index is 0.0166. The van der Waals surface area contributed by atoms with Crippen LogP contribution in [0.5, 0.6) is 0 Å². The van der Waals surface area contributed by atoms with Gasteiger partial charge in [0.1, 0.15) is 11.0 Å². The number of thioether (sulfide) groups is 1. The predicted molar refractivity (Wildman–Crippen MR) is 132 cm³/mol. The molecule has 1 rings (SSSR count). The van der Waals surface area contributed by atoms with Crippen molar-refractivity contribution in [2.45, 2.75) is 77.6 Å². The molecule has 0 atom stereocenters. The standard InChI is InChI=1S/C22H38N2O5S3/c1-2-3-4-5-6-7-8-9-10-11-18-31(25,26)21(20-23)13-14-22-24(16-17-30-22)15-12-19-32(27,28)29/h13-14H,2-12,15-19H2,1H3,(H,27,28,29). The van der Waals surface area contributed by atoms with E-state index in [1.807, 2.05) is 11.0 Å². The molecule has 0 aromatic carbocycles. The van der Waals surface area contributed by atoms with E-state index in [9.17, 15) is 22.1 Å². The zero-order chi connectivity index (χ0) is 23.9. The van der Waals surface area contributed by atoms with E-state index in [4.69, 9.17) is 4.55 Å². The molecule has 10 heteroatoms. The van der Waals surface area contributed by atoms with E-state index < -0.39 is 20.0 Å². The van der Waals surface area contributed by atoms with Crippen molar-refractivity contribution in [3.05, 3.63) is 22.1 Å². The van der Waals surface area contributed by atoms with Crippen molar-refractivity contribution in [3.63, 3.8) is 0 Å². The molecule has 32 heavy (non-hydrogen) atoms. The molecule has 184 valence electrons. The molecule has 1 heterocycles. The molecule has 0 aliphatic carbocycles. The first kappa shape index (κ1) is 29.0. The Bertz CT molecular complexity index is 858. The quantitative estimate of drug-likeness (QED) is 0.168.